The first-order chi connectivity index (χ1) is 15.9. The Balaban J connectivity index is 1.55. The summed E-state index contributed by atoms with van der Waals surface area (Å²) < 4.78 is 16.1. The second-order valence-corrected chi connectivity index (χ2v) is 8.84. The van der Waals surface area contributed by atoms with Crippen LogP contribution >= 0.6 is 0 Å². The van der Waals surface area contributed by atoms with Gasteiger partial charge in [0.25, 0.3) is 0 Å². The van der Waals surface area contributed by atoms with Gasteiger partial charge in [0, 0.05) is 31.6 Å². The van der Waals surface area contributed by atoms with Gasteiger partial charge in [-0.05, 0) is 55.5 Å². The SMILES string of the molecule is COc1ccc(CN(C(=O)C2CC(=O)N(c3cc(OC)ccc3OC)C2)C(C)C2CC2)cc1. The second-order valence-electron chi connectivity index (χ2n) is 8.84. The quantitative estimate of drug-likeness (QED) is 0.577. The van der Waals surface area contributed by atoms with Crippen molar-refractivity contribution in [2.24, 2.45) is 11.8 Å². The molecule has 0 spiro atoms. The molecule has 2 aromatic carbocycles. The Morgan fingerprint density at radius 3 is 2.30 bits per heavy atom. The van der Waals surface area contributed by atoms with E-state index in [2.05, 4.69) is 6.92 Å². The van der Waals surface area contributed by atoms with Crippen LogP contribution in [0.15, 0.2) is 42.5 Å². The molecule has 1 saturated carbocycles. The molecule has 2 atom stereocenters. The van der Waals surface area contributed by atoms with Crippen LogP contribution in [-0.4, -0.2) is 50.6 Å². The molecular weight excluding hydrogens is 420 g/mol. The van der Waals surface area contributed by atoms with E-state index in [1.165, 1.54) is 0 Å². The molecule has 0 radical (unpaired) electrons. The molecule has 2 aliphatic rings. The maximum Gasteiger partial charge on any atom is 0.228 e. The van der Waals surface area contributed by atoms with Crippen LogP contribution in [-0.2, 0) is 16.1 Å². The molecule has 1 aliphatic heterocycles. The lowest BCUT2D eigenvalue weighted by atomic mass is 10.0. The summed E-state index contributed by atoms with van der Waals surface area (Å²) >= 11 is 0. The molecule has 1 heterocycles. The molecule has 2 aromatic rings. The van der Waals surface area contributed by atoms with Crippen molar-refractivity contribution in [1.29, 1.82) is 0 Å². The van der Waals surface area contributed by atoms with Crippen LogP contribution in [0.3, 0.4) is 0 Å². The summed E-state index contributed by atoms with van der Waals surface area (Å²) in [6, 6.07) is 13.3. The summed E-state index contributed by atoms with van der Waals surface area (Å²) in [5, 5.41) is 0. The molecule has 0 N–H and O–H groups in total. The Morgan fingerprint density at radius 2 is 1.70 bits per heavy atom. The lowest BCUT2D eigenvalue weighted by Crippen LogP contribution is -2.43. The molecule has 2 fully saturated rings. The Bertz CT molecular complexity index is 1000. The van der Waals surface area contributed by atoms with E-state index in [0.29, 0.717) is 36.2 Å². The molecule has 2 amide bonds. The number of rotatable bonds is 9. The highest BCUT2D eigenvalue weighted by Gasteiger charge is 2.42. The minimum absolute atomic E-state index is 0.0305. The van der Waals surface area contributed by atoms with Crippen molar-refractivity contribution in [2.45, 2.75) is 38.8 Å². The standard InChI is InChI=1S/C26H32N2O5/c1-17(19-7-8-19)27(15-18-5-9-21(31-2)10-6-18)26(30)20-13-25(29)28(16-20)23-14-22(32-3)11-12-24(23)33-4/h5-6,9-12,14,17,19-20H,7-8,13,15-16H2,1-4H3. The minimum Gasteiger partial charge on any atom is -0.497 e. The molecule has 33 heavy (non-hydrogen) atoms. The van der Waals surface area contributed by atoms with Gasteiger partial charge in [-0.3, -0.25) is 9.59 Å². The average molecular weight is 453 g/mol. The zero-order valence-corrected chi connectivity index (χ0v) is 19.7. The Hall–Kier alpha value is -3.22. The molecule has 1 aliphatic carbocycles. The highest BCUT2D eigenvalue weighted by Crippen LogP contribution is 2.39. The summed E-state index contributed by atoms with van der Waals surface area (Å²) in [4.78, 5) is 30.3. The third-order valence-electron chi connectivity index (χ3n) is 6.74. The third kappa shape index (κ3) is 4.92. The summed E-state index contributed by atoms with van der Waals surface area (Å²) in [6.07, 6.45) is 2.48. The predicted molar refractivity (Wildman–Crippen MR) is 126 cm³/mol. The maximum absolute atomic E-state index is 13.7. The van der Waals surface area contributed by atoms with Crippen LogP contribution in [0, 0.1) is 11.8 Å². The van der Waals surface area contributed by atoms with Gasteiger partial charge in [0.05, 0.1) is 32.9 Å². The average Bonchev–Trinajstić information content (AvgIpc) is 3.63. The normalized spacial score (nSPS) is 18.7. The van der Waals surface area contributed by atoms with Gasteiger partial charge in [-0.2, -0.15) is 0 Å². The van der Waals surface area contributed by atoms with E-state index in [-0.39, 0.29) is 24.3 Å². The first-order valence-electron chi connectivity index (χ1n) is 11.4. The smallest absolute Gasteiger partial charge is 0.228 e. The van der Waals surface area contributed by atoms with Crippen molar-refractivity contribution in [3.8, 4) is 17.2 Å². The number of methoxy groups -OCH3 is 3. The van der Waals surface area contributed by atoms with Crippen LogP contribution in [0.2, 0.25) is 0 Å². The highest BCUT2D eigenvalue weighted by atomic mass is 16.5. The molecule has 7 nitrogen and oxygen atoms in total. The summed E-state index contributed by atoms with van der Waals surface area (Å²) in [7, 11) is 4.79. The van der Waals surface area contributed by atoms with Gasteiger partial charge < -0.3 is 24.0 Å². The molecule has 4 rings (SSSR count). The highest BCUT2D eigenvalue weighted by molar-refractivity contribution is 6.01. The van der Waals surface area contributed by atoms with E-state index in [4.69, 9.17) is 14.2 Å². The lowest BCUT2D eigenvalue weighted by Gasteiger charge is -2.32. The van der Waals surface area contributed by atoms with Crippen LogP contribution < -0.4 is 19.1 Å². The van der Waals surface area contributed by atoms with E-state index in [1.54, 1.807) is 44.4 Å². The second kappa shape index (κ2) is 9.73. The molecule has 0 aromatic heterocycles. The van der Waals surface area contributed by atoms with Crippen molar-refractivity contribution in [3.63, 3.8) is 0 Å². The van der Waals surface area contributed by atoms with Crippen molar-refractivity contribution in [1.82, 2.24) is 4.90 Å². The first-order valence-corrected chi connectivity index (χ1v) is 11.4. The zero-order chi connectivity index (χ0) is 23.5. The van der Waals surface area contributed by atoms with Gasteiger partial charge in [0.15, 0.2) is 0 Å². The number of benzene rings is 2. The molecule has 176 valence electrons. The number of carbonyl (C=O) groups excluding carboxylic acids is 2. The zero-order valence-electron chi connectivity index (χ0n) is 19.7. The predicted octanol–water partition coefficient (Wildman–Crippen LogP) is 3.89. The largest absolute Gasteiger partial charge is 0.497 e. The van der Waals surface area contributed by atoms with Gasteiger partial charge in [0.1, 0.15) is 17.2 Å². The molecule has 1 saturated heterocycles. The number of ether oxygens (including phenoxy) is 3. The fourth-order valence-corrected chi connectivity index (χ4v) is 4.53. The van der Waals surface area contributed by atoms with E-state index >= 15 is 0 Å². The van der Waals surface area contributed by atoms with Crippen molar-refractivity contribution >= 4 is 17.5 Å². The van der Waals surface area contributed by atoms with E-state index in [1.807, 2.05) is 29.2 Å². The fraction of sp³-hybridized carbons (Fsp3) is 0.462. The number of anilines is 1. The number of nitrogens with zero attached hydrogens (tertiary/aromatic N) is 2. The van der Waals surface area contributed by atoms with Gasteiger partial charge in [-0.25, -0.2) is 0 Å². The number of hydrogen-bond acceptors (Lipinski definition) is 5. The van der Waals surface area contributed by atoms with E-state index < -0.39 is 5.92 Å². The first kappa shape index (κ1) is 23.0. The van der Waals surface area contributed by atoms with E-state index in [0.717, 1.165) is 24.2 Å². The molecule has 2 unspecified atom stereocenters. The van der Waals surface area contributed by atoms with Crippen molar-refractivity contribution in [2.75, 3.05) is 32.8 Å². The Morgan fingerprint density at radius 1 is 1.03 bits per heavy atom. The van der Waals surface area contributed by atoms with Crippen molar-refractivity contribution in [3.05, 3.63) is 48.0 Å². The Kier molecular flexibility index (Phi) is 6.77. The van der Waals surface area contributed by atoms with E-state index in [9.17, 15) is 9.59 Å². The van der Waals surface area contributed by atoms with Crippen LogP contribution in [0.5, 0.6) is 17.2 Å². The maximum atomic E-state index is 13.7. The topological polar surface area (TPSA) is 68.3 Å². The summed E-state index contributed by atoms with van der Waals surface area (Å²) in [5.41, 5.74) is 1.68. The lowest BCUT2D eigenvalue weighted by molar-refractivity contribution is -0.139. The number of hydrogen-bond donors (Lipinski definition) is 0. The van der Waals surface area contributed by atoms with Crippen LogP contribution in [0.1, 0.15) is 31.7 Å². The number of amides is 2. The fourth-order valence-electron chi connectivity index (χ4n) is 4.53. The van der Waals surface area contributed by atoms with Gasteiger partial charge in [-0.1, -0.05) is 12.1 Å². The third-order valence-corrected chi connectivity index (χ3v) is 6.74. The van der Waals surface area contributed by atoms with Crippen molar-refractivity contribution < 1.29 is 23.8 Å². The molecule has 0 bridgehead atoms. The van der Waals surface area contributed by atoms with Gasteiger partial charge in [0.2, 0.25) is 11.8 Å². The van der Waals surface area contributed by atoms with Crippen LogP contribution in [0.25, 0.3) is 0 Å². The summed E-state index contributed by atoms with van der Waals surface area (Å²) in [6.45, 7) is 2.98. The number of carbonyl (C=O) groups is 2. The monoisotopic (exact) mass is 452 g/mol. The molecule has 7 heteroatoms. The van der Waals surface area contributed by atoms with Crippen LogP contribution in [0.4, 0.5) is 5.69 Å². The van der Waals surface area contributed by atoms with Gasteiger partial charge >= 0.3 is 0 Å². The molecular formula is C26H32N2O5. The minimum atomic E-state index is -0.396. The van der Waals surface area contributed by atoms with Gasteiger partial charge in [-0.15, -0.1) is 0 Å². The Labute approximate surface area is 195 Å². The summed E-state index contributed by atoms with van der Waals surface area (Å²) in [5.74, 6) is 2.09.